The van der Waals surface area contributed by atoms with E-state index in [4.69, 9.17) is 0 Å². The van der Waals surface area contributed by atoms with E-state index in [1.165, 1.54) is 43.3 Å². The molecule has 3 nitrogen and oxygen atoms in total. The molecule has 0 atom stereocenters. The van der Waals surface area contributed by atoms with Gasteiger partial charge in [0, 0.05) is 5.56 Å². The van der Waals surface area contributed by atoms with Gasteiger partial charge in [-0.15, -0.1) is 0 Å². The molecule has 0 spiro atoms. The van der Waals surface area contributed by atoms with Crippen molar-refractivity contribution in [2.45, 2.75) is 23.6 Å². The molecule has 5 heteroatoms. The Labute approximate surface area is 117 Å². The van der Waals surface area contributed by atoms with Gasteiger partial charge in [0.25, 0.3) is 0 Å². The highest BCUT2D eigenvalue weighted by Crippen LogP contribution is 2.25. The number of ketones is 1. The first kappa shape index (κ1) is 14.4. The summed E-state index contributed by atoms with van der Waals surface area (Å²) >= 11 is 0. The maximum absolute atomic E-state index is 13.6. The van der Waals surface area contributed by atoms with Crippen LogP contribution in [0.4, 0.5) is 4.39 Å². The van der Waals surface area contributed by atoms with Crippen molar-refractivity contribution in [2.24, 2.45) is 0 Å². The molecule has 0 bridgehead atoms. The van der Waals surface area contributed by atoms with E-state index in [0.29, 0.717) is 11.1 Å². The van der Waals surface area contributed by atoms with E-state index in [-0.39, 0.29) is 15.6 Å². The summed E-state index contributed by atoms with van der Waals surface area (Å²) in [6.07, 6.45) is 0. The molecule has 0 aliphatic rings. The summed E-state index contributed by atoms with van der Waals surface area (Å²) in [5.74, 6) is -0.932. The molecule has 0 aliphatic heterocycles. The number of carbonyl (C=O) groups is 1. The second-order valence-electron chi connectivity index (χ2n) is 4.47. The van der Waals surface area contributed by atoms with E-state index in [1.54, 1.807) is 6.92 Å². The van der Waals surface area contributed by atoms with Crippen LogP contribution in [0.3, 0.4) is 0 Å². The largest absolute Gasteiger partial charge is 0.295 e. The second kappa shape index (κ2) is 5.17. The highest BCUT2D eigenvalue weighted by Gasteiger charge is 2.22. The number of carbonyl (C=O) groups excluding carboxylic acids is 1. The van der Waals surface area contributed by atoms with Crippen LogP contribution in [0.15, 0.2) is 52.3 Å². The molecule has 104 valence electrons. The number of hydrogen-bond donors (Lipinski definition) is 0. The zero-order chi connectivity index (χ0) is 14.9. The van der Waals surface area contributed by atoms with Crippen LogP contribution in [-0.2, 0) is 9.84 Å². The third kappa shape index (κ3) is 2.49. The lowest BCUT2D eigenvalue weighted by atomic mass is 10.1. The van der Waals surface area contributed by atoms with Gasteiger partial charge in [-0.25, -0.2) is 12.8 Å². The average Bonchev–Trinajstić information content (AvgIpc) is 2.38. The number of benzene rings is 2. The third-order valence-electron chi connectivity index (χ3n) is 3.01. The molecule has 0 fully saturated rings. The summed E-state index contributed by atoms with van der Waals surface area (Å²) in [4.78, 5) is 11.0. The number of sulfone groups is 1. The second-order valence-corrected chi connectivity index (χ2v) is 6.38. The summed E-state index contributed by atoms with van der Waals surface area (Å²) in [5.41, 5.74) is 1.01. The predicted octanol–water partition coefficient (Wildman–Crippen LogP) is 3.17. The third-order valence-corrected chi connectivity index (χ3v) is 4.80. The molecule has 0 radical (unpaired) electrons. The van der Waals surface area contributed by atoms with Crippen LogP contribution in [-0.4, -0.2) is 14.2 Å². The Bertz CT molecular complexity index is 779. The molecule has 0 unspecified atom stereocenters. The van der Waals surface area contributed by atoms with Gasteiger partial charge in [0.2, 0.25) is 9.84 Å². The fraction of sp³-hybridized carbons (Fsp3) is 0.133. The lowest BCUT2D eigenvalue weighted by Crippen LogP contribution is -2.06. The van der Waals surface area contributed by atoms with E-state index in [1.807, 2.05) is 0 Å². The van der Waals surface area contributed by atoms with Crippen LogP contribution in [0.2, 0.25) is 0 Å². The van der Waals surface area contributed by atoms with Crippen molar-refractivity contribution in [1.82, 2.24) is 0 Å². The molecule has 0 saturated carbocycles. The number of halogens is 1. The highest BCUT2D eigenvalue weighted by molar-refractivity contribution is 7.91. The summed E-state index contributed by atoms with van der Waals surface area (Å²) < 4.78 is 38.4. The Hall–Kier alpha value is -2.01. The highest BCUT2D eigenvalue weighted by atomic mass is 32.2. The van der Waals surface area contributed by atoms with Crippen molar-refractivity contribution in [3.8, 4) is 0 Å². The van der Waals surface area contributed by atoms with Gasteiger partial charge in [0.15, 0.2) is 5.78 Å². The monoisotopic (exact) mass is 292 g/mol. The molecule has 0 aromatic heterocycles. The van der Waals surface area contributed by atoms with E-state index in [2.05, 4.69) is 0 Å². The van der Waals surface area contributed by atoms with Gasteiger partial charge >= 0.3 is 0 Å². The Morgan fingerprint density at radius 3 is 2.30 bits per heavy atom. The summed E-state index contributed by atoms with van der Waals surface area (Å²) in [7, 11) is -3.92. The van der Waals surface area contributed by atoms with Crippen LogP contribution in [0, 0.1) is 12.7 Å². The Balaban J connectivity index is 2.59. The fourth-order valence-corrected chi connectivity index (χ4v) is 3.40. The van der Waals surface area contributed by atoms with E-state index >= 15 is 0 Å². The van der Waals surface area contributed by atoms with Crippen molar-refractivity contribution in [1.29, 1.82) is 0 Å². The normalized spacial score (nSPS) is 11.3. The first-order chi connectivity index (χ1) is 9.34. The van der Waals surface area contributed by atoms with Gasteiger partial charge in [-0.05, 0) is 49.7 Å². The van der Waals surface area contributed by atoms with Gasteiger partial charge in [0.05, 0.1) is 4.90 Å². The fourth-order valence-electron chi connectivity index (χ4n) is 1.99. The predicted molar refractivity (Wildman–Crippen MR) is 73.0 cm³/mol. The minimum atomic E-state index is -3.92. The van der Waals surface area contributed by atoms with Crippen molar-refractivity contribution >= 4 is 15.6 Å². The van der Waals surface area contributed by atoms with Crippen molar-refractivity contribution in [3.63, 3.8) is 0 Å². The molecule has 0 aliphatic carbocycles. The van der Waals surface area contributed by atoms with Crippen LogP contribution < -0.4 is 0 Å². The summed E-state index contributed by atoms with van der Waals surface area (Å²) in [6, 6.07) is 9.38. The molecular weight excluding hydrogens is 279 g/mol. The van der Waals surface area contributed by atoms with Gasteiger partial charge in [-0.3, -0.25) is 4.79 Å². The van der Waals surface area contributed by atoms with Gasteiger partial charge in [-0.1, -0.05) is 12.1 Å². The van der Waals surface area contributed by atoms with Crippen LogP contribution in [0.25, 0.3) is 0 Å². The standard InChI is InChI=1S/C15H13FO3S/c1-10-9-12(7-8-13(10)11(2)17)20(18,19)15-6-4-3-5-14(15)16/h3-9H,1-2H3. The Morgan fingerprint density at radius 1 is 1.10 bits per heavy atom. The van der Waals surface area contributed by atoms with E-state index in [9.17, 15) is 17.6 Å². The lowest BCUT2D eigenvalue weighted by molar-refractivity contribution is 0.101. The summed E-state index contributed by atoms with van der Waals surface area (Å²) in [5, 5.41) is 0. The summed E-state index contributed by atoms with van der Waals surface area (Å²) in [6.45, 7) is 3.06. The lowest BCUT2D eigenvalue weighted by Gasteiger charge is -2.08. The van der Waals surface area contributed by atoms with Crippen molar-refractivity contribution in [2.75, 3.05) is 0 Å². The zero-order valence-electron chi connectivity index (χ0n) is 11.1. The van der Waals surface area contributed by atoms with Crippen LogP contribution in [0.1, 0.15) is 22.8 Å². The molecule has 0 N–H and O–H groups in total. The molecule has 2 aromatic rings. The van der Waals surface area contributed by atoms with Crippen LogP contribution in [0.5, 0.6) is 0 Å². The molecule has 0 saturated heterocycles. The molecule has 0 heterocycles. The quantitative estimate of drug-likeness (QED) is 0.816. The molecule has 0 amide bonds. The molecular formula is C15H13FO3S. The van der Waals surface area contributed by atoms with Gasteiger partial charge in [0.1, 0.15) is 10.7 Å². The topological polar surface area (TPSA) is 51.2 Å². The van der Waals surface area contributed by atoms with E-state index in [0.717, 1.165) is 6.07 Å². The van der Waals surface area contributed by atoms with Crippen molar-refractivity contribution in [3.05, 3.63) is 59.4 Å². The van der Waals surface area contributed by atoms with Gasteiger partial charge in [-0.2, -0.15) is 0 Å². The maximum atomic E-state index is 13.6. The SMILES string of the molecule is CC(=O)c1ccc(S(=O)(=O)c2ccccc2F)cc1C. The first-order valence-electron chi connectivity index (χ1n) is 5.95. The zero-order valence-corrected chi connectivity index (χ0v) is 11.9. The Kier molecular flexibility index (Phi) is 3.72. The van der Waals surface area contributed by atoms with Crippen molar-refractivity contribution < 1.29 is 17.6 Å². The Morgan fingerprint density at radius 2 is 1.75 bits per heavy atom. The molecule has 2 rings (SSSR count). The number of Topliss-reactive ketones (excluding diaryl/α,β-unsaturated/α-hetero) is 1. The molecule has 2 aromatic carbocycles. The number of hydrogen-bond acceptors (Lipinski definition) is 3. The van der Waals surface area contributed by atoms with Crippen LogP contribution >= 0.6 is 0 Å². The van der Waals surface area contributed by atoms with E-state index < -0.39 is 15.7 Å². The first-order valence-corrected chi connectivity index (χ1v) is 7.43. The average molecular weight is 292 g/mol. The molecule has 20 heavy (non-hydrogen) atoms. The van der Waals surface area contributed by atoms with Gasteiger partial charge < -0.3 is 0 Å². The number of rotatable bonds is 3. The number of aryl methyl sites for hydroxylation is 1. The minimum absolute atomic E-state index is 0.0231. The smallest absolute Gasteiger partial charge is 0.209 e. The minimum Gasteiger partial charge on any atom is -0.295 e. The maximum Gasteiger partial charge on any atom is 0.209 e.